The average molecular weight is 411 g/mol. The normalized spacial score (nSPS) is 11.3. The SMILES string of the molecule is CCCCN(C)Cc1c(O)ccc2c(C)c(-c3cc(OC)ccc3OC)c(=O)oc12. The number of aromatic hydroxyl groups is 1. The number of nitrogens with zero attached hydrogens (tertiary/aromatic N) is 1. The van der Waals surface area contributed by atoms with E-state index in [1.807, 2.05) is 14.0 Å². The molecule has 1 aromatic heterocycles. The summed E-state index contributed by atoms with van der Waals surface area (Å²) in [7, 11) is 5.13. The largest absolute Gasteiger partial charge is 0.507 e. The first-order valence-electron chi connectivity index (χ1n) is 10.1. The van der Waals surface area contributed by atoms with Crippen LogP contribution in [0.5, 0.6) is 17.2 Å². The van der Waals surface area contributed by atoms with Crippen molar-refractivity contribution in [3.8, 4) is 28.4 Å². The summed E-state index contributed by atoms with van der Waals surface area (Å²) < 4.78 is 16.6. The number of benzene rings is 2. The summed E-state index contributed by atoms with van der Waals surface area (Å²) in [5.41, 5.74) is 2.37. The molecule has 30 heavy (non-hydrogen) atoms. The third-order valence-electron chi connectivity index (χ3n) is 5.41. The Morgan fingerprint density at radius 1 is 1.13 bits per heavy atom. The van der Waals surface area contributed by atoms with Crippen molar-refractivity contribution in [1.82, 2.24) is 4.90 Å². The summed E-state index contributed by atoms with van der Waals surface area (Å²) in [6, 6.07) is 8.76. The van der Waals surface area contributed by atoms with Crippen LogP contribution >= 0.6 is 0 Å². The highest BCUT2D eigenvalue weighted by Crippen LogP contribution is 2.37. The first-order valence-corrected chi connectivity index (χ1v) is 10.1. The molecular formula is C24H29NO5. The number of hydrogen-bond acceptors (Lipinski definition) is 6. The van der Waals surface area contributed by atoms with E-state index in [4.69, 9.17) is 13.9 Å². The summed E-state index contributed by atoms with van der Waals surface area (Å²) in [6.07, 6.45) is 2.15. The Balaban J connectivity index is 2.20. The maximum absolute atomic E-state index is 13.1. The Kier molecular flexibility index (Phi) is 6.67. The molecule has 0 saturated heterocycles. The predicted molar refractivity (Wildman–Crippen MR) is 119 cm³/mol. The molecule has 3 rings (SSSR count). The zero-order chi connectivity index (χ0) is 21.8. The predicted octanol–water partition coefficient (Wildman–Crippen LogP) is 4.72. The van der Waals surface area contributed by atoms with Crippen molar-refractivity contribution in [2.24, 2.45) is 0 Å². The molecule has 0 aliphatic rings. The summed E-state index contributed by atoms with van der Waals surface area (Å²) in [5.74, 6) is 1.30. The molecule has 1 heterocycles. The molecule has 0 saturated carbocycles. The summed E-state index contributed by atoms with van der Waals surface area (Å²) >= 11 is 0. The lowest BCUT2D eigenvalue weighted by atomic mass is 9.97. The van der Waals surface area contributed by atoms with Gasteiger partial charge in [-0.3, -0.25) is 0 Å². The Morgan fingerprint density at radius 3 is 2.57 bits per heavy atom. The van der Waals surface area contributed by atoms with E-state index in [1.54, 1.807) is 44.6 Å². The van der Waals surface area contributed by atoms with E-state index in [-0.39, 0.29) is 5.75 Å². The molecule has 6 nitrogen and oxygen atoms in total. The van der Waals surface area contributed by atoms with Gasteiger partial charge < -0.3 is 23.9 Å². The molecule has 0 bridgehead atoms. The van der Waals surface area contributed by atoms with Crippen LogP contribution in [-0.2, 0) is 6.54 Å². The molecule has 2 aromatic carbocycles. The van der Waals surface area contributed by atoms with Crippen LogP contribution in [0.15, 0.2) is 39.5 Å². The van der Waals surface area contributed by atoms with Gasteiger partial charge in [0, 0.05) is 17.5 Å². The molecule has 0 radical (unpaired) electrons. The Bertz CT molecular complexity index is 1100. The first-order chi connectivity index (χ1) is 14.4. The minimum Gasteiger partial charge on any atom is -0.507 e. The number of ether oxygens (including phenoxy) is 2. The van der Waals surface area contributed by atoms with Crippen LogP contribution in [0.2, 0.25) is 0 Å². The third kappa shape index (κ3) is 4.14. The van der Waals surface area contributed by atoms with Gasteiger partial charge in [0.2, 0.25) is 0 Å². The molecule has 0 amide bonds. The number of methoxy groups -OCH3 is 2. The molecular weight excluding hydrogens is 382 g/mol. The number of rotatable bonds is 8. The highest BCUT2D eigenvalue weighted by molar-refractivity contribution is 5.91. The summed E-state index contributed by atoms with van der Waals surface area (Å²) in [4.78, 5) is 15.2. The number of phenols is 1. The third-order valence-corrected chi connectivity index (χ3v) is 5.41. The highest BCUT2D eigenvalue weighted by Gasteiger charge is 2.21. The summed E-state index contributed by atoms with van der Waals surface area (Å²) in [5, 5.41) is 11.3. The Labute approximate surface area is 176 Å². The fraction of sp³-hybridized carbons (Fsp3) is 0.375. The summed E-state index contributed by atoms with van der Waals surface area (Å²) in [6.45, 7) is 5.41. The number of unbranched alkanes of at least 4 members (excludes halogenated alkanes) is 1. The molecule has 0 aliphatic heterocycles. The van der Waals surface area contributed by atoms with Crippen LogP contribution in [0.25, 0.3) is 22.1 Å². The number of hydrogen-bond donors (Lipinski definition) is 1. The van der Waals surface area contributed by atoms with Gasteiger partial charge in [-0.1, -0.05) is 13.3 Å². The van der Waals surface area contributed by atoms with Crippen molar-refractivity contribution in [3.05, 3.63) is 51.9 Å². The van der Waals surface area contributed by atoms with E-state index in [0.29, 0.717) is 40.3 Å². The first kappa shape index (κ1) is 21.7. The van der Waals surface area contributed by atoms with E-state index in [9.17, 15) is 9.90 Å². The lowest BCUT2D eigenvalue weighted by Gasteiger charge is -2.19. The van der Waals surface area contributed by atoms with Crippen molar-refractivity contribution < 1.29 is 19.0 Å². The number of fused-ring (bicyclic) bond motifs is 1. The zero-order valence-corrected chi connectivity index (χ0v) is 18.2. The van der Waals surface area contributed by atoms with Gasteiger partial charge in [-0.15, -0.1) is 0 Å². The smallest absolute Gasteiger partial charge is 0.344 e. The van der Waals surface area contributed by atoms with Crippen LogP contribution in [0, 0.1) is 6.92 Å². The lowest BCUT2D eigenvalue weighted by Crippen LogP contribution is -2.19. The molecule has 160 valence electrons. The zero-order valence-electron chi connectivity index (χ0n) is 18.2. The van der Waals surface area contributed by atoms with Gasteiger partial charge in [-0.25, -0.2) is 4.79 Å². The molecule has 1 N–H and O–H groups in total. The fourth-order valence-electron chi connectivity index (χ4n) is 3.71. The van der Waals surface area contributed by atoms with Crippen molar-refractivity contribution in [2.75, 3.05) is 27.8 Å². The van der Waals surface area contributed by atoms with E-state index in [1.165, 1.54) is 0 Å². The minimum absolute atomic E-state index is 0.125. The highest BCUT2D eigenvalue weighted by atomic mass is 16.5. The molecule has 3 aromatic rings. The van der Waals surface area contributed by atoms with Crippen molar-refractivity contribution in [2.45, 2.75) is 33.2 Å². The second-order valence-corrected chi connectivity index (χ2v) is 7.49. The van der Waals surface area contributed by atoms with E-state index in [0.717, 1.165) is 30.3 Å². The van der Waals surface area contributed by atoms with Crippen LogP contribution in [0.4, 0.5) is 0 Å². The van der Waals surface area contributed by atoms with Gasteiger partial charge in [0.1, 0.15) is 22.8 Å². The second-order valence-electron chi connectivity index (χ2n) is 7.49. The van der Waals surface area contributed by atoms with Crippen LogP contribution in [-0.4, -0.2) is 37.8 Å². The molecule has 0 spiro atoms. The standard InChI is InChI=1S/C24H29NO5/c1-6-7-12-25(3)14-19-20(26)10-9-17-15(2)22(24(27)30-23(17)19)18-13-16(28-4)8-11-21(18)29-5/h8-11,13,26H,6-7,12,14H2,1-5H3. The Hall–Kier alpha value is -2.99. The molecule has 6 heteroatoms. The van der Waals surface area contributed by atoms with E-state index in [2.05, 4.69) is 11.8 Å². The number of aryl methyl sites for hydroxylation is 1. The van der Waals surface area contributed by atoms with Crippen molar-refractivity contribution in [1.29, 1.82) is 0 Å². The van der Waals surface area contributed by atoms with Crippen LogP contribution < -0.4 is 15.1 Å². The minimum atomic E-state index is -0.477. The molecule has 0 aliphatic carbocycles. The topological polar surface area (TPSA) is 72.1 Å². The number of phenolic OH excluding ortho intramolecular Hbond substituents is 1. The average Bonchev–Trinajstić information content (AvgIpc) is 2.74. The van der Waals surface area contributed by atoms with Gasteiger partial charge in [0.15, 0.2) is 0 Å². The van der Waals surface area contributed by atoms with Gasteiger partial charge in [-0.05, 0) is 62.8 Å². The quantitative estimate of drug-likeness (QED) is 0.541. The van der Waals surface area contributed by atoms with E-state index < -0.39 is 5.63 Å². The fourth-order valence-corrected chi connectivity index (χ4v) is 3.71. The lowest BCUT2D eigenvalue weighted by molar-refractivity contribution is 0.314. The maximum Gasteiger partial charge on any atom is 0.344 e. The van der Waals surface area contributed by atoms with Gasteiger partial charge in [0.25, 0.3) is 0 Å². The van der Waals surface area contributed by atoms with Crippen molar-refractivity contribution in [3.63, 3.8) is 0 Å². The van der Waals surface area contributed by atoms with Gasteiger partial charge in [0.05, 0.1) is 25.3 Å². The van der Waals surface area contributed by atoms with Gasteiger partial charge in [-0.2, -0.15) is 0 Å². The van der Waals surface area contributed by atoms with E-state index >= 15 is 0 Å². The van der Waals surface area contributed by atoms with Gasteiger partial charge >= 0.3 is 5.63 Å². The van der Waals surface area contributed by atoms with Crippen LogP contribution in [0.1, 0.15) is 30.9 Å². The molecule has 0 unspecified atom stereocenters. The second kappa shape index (κ2) is 9.22. The Morgan fingerprint density at radius 2 is 1.90 bits per heavy atom. The monoisotopic (exact) mass is 411 g/mol. The molecule has 0 atom stereocenters. The van der Waals surface area contributed by atoms with Crippen molar-refractivity contribution >= 4 is 11.0 Å². The molecule has 0 fully saturated rings. The maximum atomic E-state index is 13.1. The van der Waals surface area contributed by atoms with Crippen LogP contribution in [0.3, 0.4) is 0 Å².